The van der Waals surface area contributed by atoms with Gasteiger partial charge in [0.15, 0.2) is 5.82 Å². The molecule has 1 aliphatic heterocycles. The predicted octanol–water partition coefficient (Wildman–Crippen LogP) is 1.78. The molecule has 0 amide bonds. The maximum Gasteiger partial charge on any atom is 0.293 e. The highest BCUT2D eigenvalue weighted by molar-refractivity contribution is 5.73. The molecule has 0 spiro atoms. The van der Waals surface area contributed by atoms with Crippen LogP contribution in [-0.4, -0.2) is 32.7 Å². The van der Waals surface area contributed by atoms with E-state index < -0.39 is 0 Å². The minimum Gasteiger partial charge on any atom is -0.507 e. The summed E-state index contributed by atoms with van der Waals surface area (Å²) in [5, 5.41) is 13.6. The number of nitrogens with zero attached hydrogens (tertiary/aromatic N) is 3. The Morgan fingerprint density at radius 1 is 1.38 bits per heavy atom. The van der Waals surface area contributed by atoms with Gasteiger partial charge >= 0.3 is 0 Å². The lowest BCUT2D eigenvalue weighted by Crippen LogP contribution is -2.37. The van der Waals surface area contributed by atoms with Gasteiger partial charge in [-0.05, 0) is 37.6 Å². The van der Waals surface area contributed by atoms with Gasteiger partial charge in [-0.1, -0.05) is 0 Å². The SMILES string of the molecule is Nc1nc(-c2cc(-c3ncco3)ccc2O)cn(C2CCCNC2)c1=O. The van der Waals surface area contributed by atoms with Crippen LogP contribution in [0.1, 0.15) is 18.9 Å². The molecule has 3 heterocycles. The number of oxazole rings is 1. The quantitative estimate of drug-likeness (QED) is 0.656. The summed E-state index contributed by atoms with van der Waals surface area (Å²) in [6.45, 7) is 1.64. The first-order chi connectivity index (χ1) is 12.6. The topological polar surface area (TPSA) is 119 Å². The summed E-state index contributed by atoms with van der Waals surface area (Å²) in [6, 6.07) is 4.98. The number of hydrogen-bond donors (Lipinski definition) is 3. The van der Waals surface area contributed by atoms with Crippen molar-refractivity contribution < 1.29 is 9.52 Å². The van der Waals surface area contributed by atoms with E-state index in [-0.39, 0.29) is 23.2 Å². The maximum atomic E-state index is 12.5. The van der Waals surface area contributed by atoms with Crippen molar-refractivity contribution in [1.82, 2.24) is 19.9 Å². The smallest absolute Gasteiger partial charge is 0.293 e. The van der Waals surface area contributed by atoms with Crippen LogP contribution in [0.25, 0.3) is 22.7 Å². The first-order valence-electron chi connectivity index (χ1n) is 8.46. The summed E-state index contributed by atoms with van der Waals surface area (Å²) in [4.78, 5) is 20.8. The Bertz CT molecular complexity index is 975. The molecule has 2 aromatic heterocycles. The molecule has 0 saturated carbocycles. The molecule has 3 aromatic rings. The summed E-state index contributed by atoms with van der Waals surface area (Å²) >= 11 is 0. The fraction of sp³-hybridized carbons (Fsp3) is 0.278. The standard InChI is InChI=1S/C18H19N5O3/c19-16-18(25)23(12-2-1-5-20-9-12)10-14(22-16)13-8-11(3-4-15(13)24)17-21-6-7-26-17/h3-4,6-8,10,12,20,24H,1-2,5,9H2,(H2,19,22). The third-order valence-corrected chi connectivity index (χ3v) is 4.57. The molecule has 1 fully saturated rings. The fourth-order valence-electron chi connectivity index (χ4n) is 3.24. The number of rotatable bonds is 3. The van der Waals surface area contributed by atoms with E-state index in [2.05, 4.69) is 15.3 Å². The largest absolute Gasteiger partial charge is 0.507 e. The Labute approximate surface area is 149 Å². The molecule has 1 aromatic carbocycles. The van der Waals surface area contributed by atoms with Gasteiger partial charge < -0.3 is 25.1 Å². The van der Waals surface area contributed by atoms with Crippen molar-refractivity contribution in [2.24, 2.45) is 0 Å². The molecule has 4 rings (SSSR count). The molecule has 26 heavy (non-hydrogen) atoms. The van der Waals surface area contributed by atoms with Crippen LogP contribution in [0.3, 0.4) is 0 Å². The molecule has 1 atom stereocenters. The van der Waals surface area contributed by atoms with Crippen molar-refractivity contribution >= 4 is 5.82 Å². The number of nitrogens with one attached hydrogen (secondary N) is 1. The number of nitrogen functional groups attached to an aromatic ring is 1. The number of benzene rings is 1. The molecule has 134 valence electrons. The molecular formula is C18H19N5O3. The minimum atomic E-state index is -0.314. The van der Waals surface area contributed by atoms with Gasteiger partial charge in [0.05, 0.1) is 11.9 Å². The van der Waals surface area contributed by atoms with E-state index in [0.717, 1.165) is 19.4 Å². The molecule has 1 unspecified atom stereocenters. The second-order valence-corrected chi connectivity index (χ2v) is 6.29. The highest BCUT2D eigenvalue weighted by atomic mass is 16.3. The van der Waals surface area contributed by atoms with Gasteiger partial charge in [-0.15, -0.1) is 0 Å². The minimum absolute atomic E-state index is 0.0114. The average Bonchev–Trinajstić information content (AvgIpc) is 3.20. The third-order valence-electron chi connectivity index (χ3n) is 4.57. The monoisotopic (exact) mass is 353 g/mol. The van der Waals surface area contributed by atoms with Crippen LogP contribution in [0.2, 0.25) is 0 Å². The van der Waals surface area contributed by atoms with Crippen LogP contribution in [0.4, 0.5) is 5.82 Å². The molecule has 0 radical (unpaired) electrons. The number of phenols is 1. The highest BCUT2D eigenvalue weighted by Crippen LogP contribution is 2.32. The molecule has 8 nitrogen and oxygen atoms in total. The van der Waals surface area contributed by atoms with E-state index in [4.69, 9.17) is 10.2 Å². The van der Waals surface area contributed by atoms with Gasteiger partial charge in [0.25, 0.3) is 5.56 Å². The van der Waals surface area contributed by atoms with E-state index in [0.29, 0.717) is 29.3 Å². The average molecular weight is 353 g/mol. The number of aromatic hydroxyl groups is 1. The fourth-order valence-corrected chi connectivity index (χ4v) is 3.24. The summed E-state index contributed by atoms with van der Waals surface area (Å²) in [5.41, 5.74) is 7.14. The van der Waals surface area contributed by atoms with Crippen LogP contribution in [0.15, 0.2) is 46.1 Å². The molecule has 0 aliphatic carbocycles. The van der Waals surface area contributed by atoms with Crippen LogP contribution in [0.5, 0.6) is 5.75 Å². The lowest BCUT2D eigenvalue weighted by Gasteiger charge is -2.25. The van der Waals surface area contributed by atoms with Crippen molar-refractivity contribution in [3.8, 4) is 28.5 Å². The Morgan fingerprint density at radius 2 is 2.27 bits per heavy atom. The van der Waals surface area contributed by atoms with E-state index in [9.17, 15) is 9.90 Å². The Morgan fingerprint density at radius 3 is 3.00 bits per heavy atom. The zero-order valence-corrected chi connectivity index (χ0v) is 14.1. The van der Waals surface area contributed by atoms with E-state index in [1.54, 1.807) is 35.2 Å². The lowest BCUT2D eigenvalue weighted by molar-refractivity contribution is 0.364. The van der Waals surface area contributed by atoms with Crippen LogP contribution in [-0.2, 0) is 0 Å². The van der Waals surface area contributed by atoms with Gasteiger partial charge in [0, 0.05) is 29.9 Å². The number of nitrogens with two attached hydrogens (primary N) is 1. The number of phenolic OH excluding ortho intramolecular Hbond substituents is 1. The van der Waals surface area contributed by atoms with Crippen molar-refractivity contribution in [2.75, 3.05) is 18.8 Å². The van der Waals surface area contributed by atoms with Crippen LogP contribution in [0, 0.1) is 0 Å². The van der Waals surface area contributed by atoms with Gasteiger partial charge in [-0.2, -0.15) is 0 Å². The summed E-state index contributed by atoms with van der Waals surface area (Å²) in [6.07, 6.45) is 6.56. The third kappa shape index (κ3) is 2.95. The van der Waals surface area contributed by atoms with E-state index in [1.165, 1.54) is 6.26 Å². The zero-order valence-electron chi connectivity index (χ0n) is 14.1. The van der Waals surface area contributed by atoms with Crippen molar-refractivity contribution in [3.63, 3.8) is 0 Å². The number of hydrogen-bond acceptors (Lipinski definition) is 7. The van der Waals surface area contributed by atoms with Gasteiger partial charge in [-0.25, -0.2) is 9.97 Å². The first-order valence-corrected chi connectivity index (χ1v) is 8.46. The Balaban J connectivity index is 1.82. The second kappa shape index (κ2) is 6.64. The maximum absolute atomic E-state index is 12.5. The highest BCUT2D eigenvalue weighted by Gasteiger charge is 2.20. The summed E-state index contributed by atoms with van der Waals surface area (Å²) < 4.78 is 6.92. The second-order valence-electron chi connectivity index (χ2n) is 6.29. The normalized spacial score (nSPS) is 17.3. The Hall–Kier alpha value is -3.13. The molecular weight excluding hydrogens is 334 g/mol. The molecule has 1 saturated heterocycles. The van der Waals surface area contributed by atoms with Crippen molar-refractivity contribution in [2.45, 2.75) is 18.9 Å². The van der Waals surface area contributed by atoms with Crippen LogP contribution < -0.4 is 16.6 Å². The first kappa shape index (κ1) is 16.3. The molecule has 8 heteroatoms. The lowest BCUT2D eigenvalue weighted by atomic mass is 10.1. The van der Waals surface area contributed by atoms with E-state index >= 15 is 0 Å². The molecule has 1 aliphatic rings. The predicted molar refractivity (Wildman–Crippen MR) is 96.6 cm³/mol. The molecule has 4 N–H and O–H groups in total. The Kier molecular flexibility index (Phi) is 4.18. The number of aromatic nitrogens is 3. The van der Waals surface area contributed by atoms with E-state index in [1.807, 2.05) is 0 Å². The van der Waals surface area contributed by atoms with Gasteiger partial charge in [-0.3, -0.25) is 4.79 Å². The van der Waals surface area contributed by atoms with Gasteiger partial charge in [0.2, 0.25) is 5.89 Å². The summed E-state index contributed by atoms with van der Waals surface area (Å²) in [7, 11) is 0. The molecule has 0 bridgehead atoms. The summed E-state index contributed by atoms with van der Waals surface area (Å²) in [5.74, 6) is 0.386. The van der Waals surface area contributed by atoms with Crippen molar-refractivity contribution in [1.29, 1.82) is 0 Å². The number of anilines is 1. The zero-order chi connectivity index (χ0) is 18.1. The number of piperidine rings is 1. The van der Waals surface area contributed by atoms with Gasteiger partial charge in [0.1, 0.15) is 12.0 Å². The van der Waals surface area contributed by atoms with Crippen molar-refractivity contribution in [3.05, 3.63) is 47.2 Å². The van der Waals surface area contributed by atoms with Crippen LogP contribution >= 0.6 is 0 Å².